The Labute approximate surface area is 72.1 Å². The first-order valence-electron chi connectivity index (χ1n) is 4.29. The van der Waals surface area contributed by atoms with E-state index >= 15 is 0 Å². The number of rotatable bonds is 1. The van der Waals surface area contributed by atoms with E-state index in [1.54, 1.807) is 0 Å². The van der Waals surface area contributed by atoms with Crippen molar-refractivity contribution in [1.29, 1.82) is 0 Å². The molecule has 0 heterocycles. The first kappa shape index (κ1) is 9.23. The minimum absolute atomic E-state index is 0.0322. The normalized spacial score (nSPS) is 30.0. The molecule has 68 valence electrons. The molecule has 0 radical (unpaired) electrons. The second-order valence-electron chi connectivity index (χ2n) is 3.37. The molecule has 0 aromatic carbocycles. The number of hydrogen-bond acceptors (Lipinski definition) is 3. The maximum absolute atomic E-state index is 11.1. The monoisotopic (exact) mass is 170 g/mol. The second kappa shape index (κ2) is 3.70. The quantitative estimate of drug-likeness (QED) is 0.557. The molecule has 0 aromatic heterocycles. The molecule has 0 aliphatic heterocycles. The van der Waals surface area contributed by atoms with Crippen LogP contribution in [0.5, 0.6) is 0 Å². The minimum Gasteiger partial charge on any atom is -0.463 e. The predicted molar refractivity (Wildman–Crippen MR) is 43.6 cm³/mol. The fraction of sp³-hybridized carbons (Fsp3) is 0.778. The molecule has 1 rings (SSSR count). The van der Waals surface area contributed by atoms with Crippen LogP contribution in [-0.2, 0) is 14.3 Å². The molecular weight excluding hydrogens is 156 g/mol. The van der Waals surface area contributed by atoms with Gasteiger partial charge in [-0.2, -0.15) is 0 Å². The Morgan fingerprint density at radius 2 is 2.25 bits per heavy atom. The van der Waals surface area contributed by atoms with Crippen LogP contribution in [0.15, 0.2) is 0 Å². The molecule has 0 bridgehead atoms. The highest BCUT2D eigenvalue weighted by Gasteiger charge is 2.26. The van der Waals surface area contributed by atoms with Gasteiger partial charge >= 0.3 is 5.97 Å². The molecule has 1 fully saturated rings. The van der Waals surface area contributed by atoms with Crippen LogP contribution in [0.4, 0.5) is 0 Å². The number of esters is 1. The van der Waals surface area contributed by atoms with Crippen LogP contribution in [0.25, 0.3) is 0 Å². The zero-order valence-electron chi connectivity index (χ0n) is 7.50. The van der Waals surface area contributed by atoms with Crippen LogP contribution in [0.2, 0.25) is 0 Å². The van der Waals surface area contributed by atoms with Crippen molar-refractivity contribution >= 4 is 11.8 Å². The number of hydrogen-bond donors (Lipinski definition) is 0. The van der Waals surface area contributed by atoms with E-state index in [4.69, 9.17) is 4.74 Å². The first-order valence-corrected chi connectivity index (χ1v) is 4.29. The average molecular weight is 170 g/mol. The lowest BCUT2D eigenvalue weighted by atomic mass is 9.87. The lowest BCUT2D eigenvalue weighted by Gasteiger charge is -2.24. The van der Waals surface area contributed by atoms with E-state index in [-0.39, 0.29) is 18.0 Å². The van der Waals surface area contributed by atoms with E-state index in [1.807, 2.05) is 6.92 Å². The summed E-state index contributed by atoms with van der Waals surface area (Å²) in [5.74, 6) is 0.100. The second-order valence-corrected chi connectivity index (χ2v) is 3.37. The maximum Gasteiger partial charge on any atom is 0.302 e. The summed E-state index contributed by atoms with van der Waals surface area (Å²) in [6.07, 6.45) is 1.91. The third-order valence-electron chi connectivity index (χ3n) is 2.21. The van der Waals surface area contributed by atoms with Crippen molar-refractivity contribution in [2.24, 2.45) is 5.92 Å². The Morgan fingerprint density at radius 1 is 1.58 bits per heavy atom. The molecule has 12 heavy (non-hydrogen) atoms. The largest absolute Gasteiger partial charge is 0.463 e. The van der Waals surface area contributed by atoms with E-state index in [2.05, 4.69) is 0 Å². The van der Waals surface area contributed by atoms with E-state index in [1.165, 1.54) is 6.92 Å². The summed E-state index contributed by atoms with van der Waals surface area (Å²) in [6, 6.07) is 0. The summed E-state index contributed by atoms with van der Waals surface area (Å²) in [5.41, 5.74) is 0. The maximum atomic E-state index is 11.1. The molecular formula is C9H14O3. The zero-order valence-corrected chi connectivity index (χ0v) is 7.50. The van der Waals surface area contributed by atoms with Gasteiger partial charge in [-0.05, 0) is 12.8 Å². The van der Waals surface area contributed by atoms with E-state index in [9.17, 15) is 9.59 Å². The van der Waals surface area contributed by atoms with Crippen LogP contribution in [0.1, 0.15) is 33.1 Å². The summed E-state index contributed by atoms with van der Waals surface area (Å²) >= 11 is 0. The molecule has 0 spiro atoms. The lowest BCUT2D eigenvalue weighted by molar-refractivity contribution is -0.150. The summed E-state index contributed by atoms with van der Waals surface area (Å²) in [6.45, 7) is 3.29. The fourth-order valence-electron chi connectivity index (χ4n) is 1.54. The highest BCUT2D eigenvalue weighted by Crippen LogP contribution is 2.22. The standard InChI is InChI=1S/C9H14O3/c1-6-5-8(12-7(2)10)3-4-9(6)11/h6,8H,3-5H2,1-2H3/t6-,8-/m1/s1. The van der Waals surface area contributed by atoms with Crippen LogP contribution in [-0.4, -0.2) is 17.9 Å². The molecule has 1 saturated carbocycles. The Morgan fingerprint density at radius 3 is 2.75 bits per heavy atom. The van der Waals surface area contributed by atoms with Crippen LogP contribution >= 0.6 is 0 Å². The third kappa shape index (κ3) is 2.32. The SMILES string of the molecule is CC(=O)O[C@@H]1CCC(=O)[C@H](C)C1. The molecule has 0 N–H and O–H groups in total. The Hall–Kier alpha value is -0.860. The van der Waals surface area contributed by atoms with Crippen LogP contribution in [0, 0.1) is 5.92 Å². The molecule has 0 aromatic rings. The lowest BCUT2D eigenvalue weighted by Crippen LogP contribution is -2.29. The van der Waals surface area contributed by atoms with Crippen LogP contribution in [0.3, 0.4) is 0 Å². The van der Waals surface area contributed by atoms with Gasteiger partial charge in [-0.3, -0.25) is 9.59 Å². The van der Waals surface area contributed by atoms with E-state index in [0.29, 0.717) is 25.0 Å². The van der Waals surface area contributed by atoms with Gasteiger partial charge in [0, 0.05) is 19.3 Å². The first-order chi connectivity index (χ1) is 5.59. The van der Waals surface area contributed by atoms with E-state index < -0.39 is 0 Å². The molecule has 1 aliphatic carbocycles. The molecule has 0 saturated heterocycles. The Kier molecular flexibility index (Phi) is 2.84. The van der Waals surface area contributed by atoms with Crippen molar-refractivity contribution in [2.75, 3.05) is 0 Å². The zero-order chi connectivity index (χ0) is 9.14. The van der Waals surface area contributed by atoms with Crippen molar-refractivity contribution in [1.82, 2.24) is 0 Å². The molecule has 3 heteroatoms. The van der Waals surface area contributed by atoms with Crippen molar-refractivity contribution in [3.63, 3.8) is 0 Å². The smallest absolute Gasteiger partial charge is 0.302 e. The number of ether oxygens (including phenoxy) is 1. The minimum atomic E-state index is -0.249. The number of carbonyl (C=O) groups is 2. The van der Waals surface area contributed by atoms with Gasteiger partial charge in [0.15, 0.2) is 0 Å². The van der Waals surface area contributed by atoms with Gasteiger partial charge in [0.1, 0.15) is 11.9 Å². The Balaban J connectivity index is 2.40. The molecule has 1 aliphatic rings. The highest BCUT2D eigenvalue weighted by molar-refractivity contribution is 5.81. The van der Waals surface area contributed by atoms with Gasteiger partial charge in [-0.15, -0.1) is 0 Å². The number of carbonyl (C=O) groups excluding carboxylic acids is 2. The number of ketones is 1. The van der Waals surface area contributed by atoms with Crippen molar-refractivity contribution in [3.8, 4) is 0 Å². The summed E-state index contributed by atoms with van der Waals surface area (Å²) in [7, 11) is 0. The van der Waals surface area contributed by atoms with E-state index in [0.717, 1.165) is 0 Å². The predicted octanol–water partition coefficient (Wildman–Crippen LogP) is 1.31. The topological polar surface area (TPSA) is 43.4 Å². The van der Waals surface area contributed by atoms with Gasteiger partial charge in [-0.1, -0.05) is 6.92 Å². The van der Waals surface area contributed by atoms with Gasteiger partial charge in [0.05, 0.1) is 0 Å². The van der Waals surface area contributed by atoms with Crippen molar-refractivity contribution < 1.29 is 14.3 Å². The van der Waals surface area contributed by atoms with Crippen molar-refractivity contribution in [3.05, 3.63) is 0 Å². The molecule has 0 unspecified atom stereocenters. The summed E-state index contributed by atoms with van der Waals surface area (Å²) < 4.78 is 5.02. The third-order valence-corrected chi connectivity index (χ3v) is 2.21. The van der Waals surface area contributed by atoms with Gasteiger partial charge in [-0.25, -0.2) is 0 Å². The molecule has 2 atom stereocenters. The highest BCUT2D eigenvalue weighted by atomic mass is 16.5. The molecule has 0 amide bonds. The molecule has 3 nitrogen and oxygen atoms in total. The average Bonchev–Trinajstić information content (AvgIpc) is 1.96. The fourth-order valence-corrected chi connectivity index (χ4v) is 1.54. The van der Waals surface area contributed by atoms with Gasteiger partial charge in [0.25, 0.3) is 0 Å². The number of Topliss-reactive ketones (excluding diaryl/α,β-unsaturated/α-hetero) is 1. The summed E-state index contributed by atoms with van der Waals surface area (Å²) in [4.78, 5) is 21.7. The van der Waals surface area contributed by atoms with Gasteiger partial charge in [0.2, 0.25) is 0 Å². The van der Waals surface area contributed by atoms with Crippen LogP contribution < -0.4 is 0 Å². The van der Waals surface area contributed by atoms with Gasteiger partial charge < -0.3 is 4.74 Å². The Bertz CT molecular complexity index is 198. The van der Waals surface area contributed by atoms with Crippen molar-refractivity contribution in [2.45, 2.75) is 39.2 Å². The summed E-state index contributed by atoms with van der Waals surface area (Å²) in [5, 5.41) is 0.